The summed E-state index contributed by atoms with van der Waals surface area (Å²) in [5.41, 5.74) is 1.22. The Morgan fingerprint density at radius 2 is 2.15 bits per heavy atom. The van der Waals surface area contributed by atoms with Crippen molar-refractivity contribution < 1.29 is 4.74 Å². The lowest BCUT2D eigenvalue weighted by atomic mass is 10.0. The number of likely N-dealkylation sites (tertiary alicyclic amines) is 1. The molecule has 0 atom stereocenters. The fourth-order valence-corrected chi connectivity index (χ4v) is 2.64. The van der Waals surface area contributed by atoms with Gasteiger partial charge in [-0.2, -0.15) is 0 Å². The lowest BCUT2D eigenvalue weighted by molar-refractivity contribution is 0.195. The molecule has 0 amide bonds. The third-order valence-corrected chi connectivity index (χ3v) is 4.02. The number of methoxy groups -OCH3 is 1. The molecule has 0 aromatic carbocycles. The van der Waals surface area contributed by atoms with Crippen LogP contribution in [0, 0.1) is 0 Å². The van der Waals surface area contributed by atoms with Crippen molar-refractivity contribution >= 4 is 0 Å². The third-order valence-electron chi connectivity index (χ3n) is 4.02. The first-order chi connectivity index (χ1) is 9.81. The molecule has 4 heteroatoms. The molecule has 0 spiro atoms. The van der Waals surface area contributed by atoms with E-state index in [1.165, 1.54) is 50.9 Å². The van der Waals surface area contributed by atoms with E-state index < -0.39 is 0 Å². The molecule has 1 aliphatic rings. The quantitative estimate of drug-likeness (QED) is 0.830. The molecule has 0 unspecified atom stereocenters. The van der Waals surface area contributed by atoms with E-state index in [2.05, 4.69) is 28.2 Å². The molecule has 1 aromatic rings. The maximum absolute atomic E-state index is 5.07. The number of pyridine rings is 1. The lowest BCUT2D eigenvalue weighted by Crippen LogP contribution is -2.42. The third kappa shape index (κ3) is 4.76. The van der Waals surface area contributed by atoms with E-state index in [1.807, 2.05) is 12.3 Å². The van der Waals surface area contributed by atoms with Crippen LogP contribution in [0.3, 0.4) is 0 Å². The summed E-state index contributed by atoms with van der Waals surface area (Å²) >= 11 is 0. The largest absolute Gasteiger partial charge is 0.481 e. The van der Waals surface area contributed by atoms with Crippen molar-refractivity contribution in [2.75, 3.05) is 26.7 Å². The van der Waals surface area contributed by atoms with Gasteiger partial charge in [-0.05, 0) is 44.5 Å². The molecule has 1 aromatic heterocycles. The second kappa shape index (κ2) is 8.22. The van der Waals surface area contributed by atoms with Gasteiger partial charge in [0.1, 0.15) is 0 Å². The van der Waals surface area contributed by atoms with Gasteiger partial charge in [-0.15, -0.1) is 0 Å². The second-order valence-electron chi connectivity index (χ2n) is 5.56. The van der Waals surface area contributed by atoms with Crippen LogP contribution in [0.5, 0.6) is 5.88 Å². The highest BCUT2D eigenvalue weighted by Gasteiger charge is 2.17. The molecule has 1 aliphatic heterocycles. The van der Waals surface area contributed by atoms with Crippen molar-refractivity contribution in [2.24, 2.45) is 0 Å². The predicted molar refractivity (Wildman–Crippen MR) is 82.0 cm³/mol. The minimum atomic E-state index is 0.648. The van der Waals surface area contributed by atoms with Gasteiger partial charge in [-0.1, -0.05) is 19.4 Å². The molecular formula is C16H27N3O. The summed E-state index contributed by atoms with van der Waals surface area (Å²) in [7, 11) is 1.65. The zero-order valence-corrected chi connectivity index (χ0v) is 12.8. The Hall–Kier alpha value is -1.13. The Morgan fingerprint density at radius 3 is 2.75 bits per heavy atom. The number of piperidine rings is 1. The number of aromatic nitrogens is 1. The summed E-state index contributed by atoms with van der Waals surface area (Å²) in [5.74, 6) is 0.679. The predicted octanol–water partition coefficient (Wildman–Crippen LogP) is 2.44. The van der Waals surface area contributed by atoms with E-state index in [0.717, 1.165) is 6.54 Å². The fourth-order valence-electron chi connectivity index (χ4n) is 2.64. The summed E-state index contributed by atoms with van der Waals surface area (Å²) in [5, 5.41) is 3.64. The standard InChI is InChI=1S/C16H27N3O/c1-3-4-9-19-10-7-15(8-11-19)17-12-14-5-6-16(20-2)18-13-14/h5-6,13,15,17H,3-4,7-12H2,1-2H3. The number of nitrogens with zero attached hydrogens (tertiary/aromatic N) is 2. The molecule has 1 N–H and O–H groups in total. The highest BCUT2D eigenvalue weighted by atomic mass is 16.5. The van der Waals surface area contributed by atoms with E-state index >= 15 is 0 Å². The first-order valence-electron chi connectivity index (χ1n) is 7.76. The van der Waals surface area contributed by atoms with Gasteiger partial charge >= 0.3 is 0 Å². The Bertz CT molecular complexity index is 372. The van der Waals surface area contributed by atoms with E-state index in [4.69, 9.17) is 4.74 Å². The molecule has 0 radical (unpaired) electrons. The van der Waals surface area contributed by atoms with Gasteiger partial charge in [0.2, 0.25) is 5.88 Å². The molecule has 1 saturated heterocycles. The minimum absolute atomic E-state index is 0.648. The Labute approximate surface area is 122 Å². The molecule has 112 valence electrons. The van der Waals surface area contributed by atoms with Gasteiger partial charge in [-0.25, -0.2) is 4.98 Å². The van der Waals surface area contributed by atoms with Gasteiger partial charge in [0, 0.05) is 24.8 Å². The first-order valence-corrected chi connectivity index (χ1v) is 7.76. The van der Waals surface area contributed by atoms with Crippen molar-refractivity contribution in [1.29, 1.82) is 0 Å². The molecule has 0 bridgehead atoms. The van der Waals surface area contributed by atoms with Crippen LogP contribution in [-0.4, -0.2) is 42.7 Å². The lowest BCUT2D eigenvalue weighted by Gasteiger charge is -2.32. The normalized spacial score (nSPS) is 17.3. The monoisotopic (exact) mass is 277 g/mol. The van der Waals surface area contributed by atoms with Crippen LogP contribution in [0.2, 0.25) is 0 Å². The Kier molecular flexibility index (Phi) is 6.27. The molecule has 2 rings (SSSR count). The van der Waals surface area contributed by atoms with E-state index in [1.54, 1.807) is 7.11 Å². The van der Waals surface area contributed by atoms with Gasteiger partial charge in [0.25, 0.3) is 0 Å². The number of unbranched alkanes of at least 4 members (excludes halogenated alkanes) is 1. The van der Waals surface area contributed by atoms with Crippen LogP contribution in [0.15, 0.2) is 18.3 Å². The average molecular weight is 277 g/mol. The van der Waals surface area contributed by atoms with Gasteiger partial charge in [-0.3, -0.25) is 0 Å². The molecule has 2 heterocycles. The summed E-state index contributed by atoms with van der Waals surface area (Å²) in [6.45, 7) is 6.90. The highest BCUT2D eigenvalue weighted by molar-refractivity contribution is 5.17. The molecule has 0 saturated carbocycles. The highest BCUT2D eigenvalue weighted by Crippen LogP contribution is 2.12. The van der Waals surface area contributed by atoms with Crippen molar-refractivity contribution in [1.82, 2.24) is 15.2 Å². The fraction of sp³-hybridized carbons (Fsp3) is 0.688. The van der Waals surface area contributed by atoms with E-state index in [0.29, 0.717) is 11.9 Å². The van der Waals surface area contributed by atoms with E-state index in [-0.39, 0.29) is 0 Å². The van der Waals surface area contributed by atoms with Gasteiger partial charge < -0.3 is 15.0 Å². The number of rotatable bonds is 7. The van der Waals surface area contributed by atoms with Crippen LogP contribution in [0.4, 0.5) is 0 Å². The number of ether oxygens (including phenoxy) is 1. The van der Waals surface area contributed by atoms with Crippen LogP contribution < -0.4 is 10.1 Å². The first kappa shape index (κ1) is 15.3. The summed E-state index contributed by atoms with van der Waals surface area (Å²) in [6, 6.07) is 4.65. The van der Waals surface area contributed by atoms with Gasteiger partial charge in [0.05, 0.1) is 7.11 Å². The number of hydrogen-bond donors (Lipinski definition) is 1. The van der Waals surface area contributed by atoms with E-state index in [9.17, 15) is 0 Å². The second-order valence-corrected chi connectivity index (χ2v) is 5.56. The smallest absolute Gasteiger partial charge is 0.212 e. The molecular weight excluding hydrogens is 250 g/mol. The van der Waals surface area contributed by atoms with Gasteiger partial charge in [0.15, 0.2) is 0 Å². The summed E-state index contributed by atoms with van der Waals surface area (Å²) in [4.78, 5) is 6.83. The Morgan fingerprint density at radius 1 is 1.35 bits per heavy atom. The van der Waals surface area contributed by atoms with Crippen LogP contribution >= 0.6 is 0 Å². The minimum Gasteiger partial charge on any atom is -0.481 e. The van der Waals surface area contributed by atoms with Crippen molar-refractivity contribution in [2.45, 2.75) is 45.2 Å². The molecule has 20 heavy (non-hydrogen) atoms. The van der Waals surface area contributed by atoms with Crippen molar-refractivity contribution in [3.05, 3.63) is 23.9 Å². The molecule has 1 fully saturated rings. The zero-order chi connectivity index (χ0) is 14.2. The Balaban J connectivity index is 1.67. The summed E-state index contributed by atoms with van der Waals surface area (Å²) < 4.78 is 5.07. The van der Waals surface area contributed by atoms with Crippen molar-refractivity contribution in [3.63, 3.8) is 0 Å². The SMILES string of the molecule is CCCCN1CCC(NCc2ccc(OC)nc2)CC1. The number of nitrogens with one attached hydrogen (secondary N) is 1. The van der Waals surface area contributed by atoms with Crippen molar-refractivity contribution in [3.8, 4) is 5.88 Å². The number of hydrogen-bond acceptors (Lipinski definition) is 4. The van der Waals surface area contributed by atoms with Crippen LogP contribution in [-0.2, 0) is 6.54 Å². The topological polar surface area (TPSA) is 37.4 Å². The maximum Gasteiger partial charge on any atom is 0.212 e. The maximum atomic E-state index is 5.07. The van der Waals surface area contributed by atoms with Crippen LogP contribution in [0.25, 0.3) is 0 Å². The molecule has 0 aliphatic carbocycles. The molecule has 4 nitrogen and oxygen atoms in total. The average Bonchev–Trinajstić information content (AvgIpc) is 2.52. The zero-order valence-electron chi connectivity index (χ0n) is 12.8. The summed E-state index contributed by atoms with van der Waals surface area (Å²) in [6.07, 6.45) is 7.03. The van der Waals surface area contributed by atoms with Crippen LogP contribution in [0.1, 0.15) is 38.2 Å².